The monoisotopic (exact) mass is 378 g/mol. The van der Waals surface area contributed by atoms with Gasteiger partial charge in [-0.15, -0.1) is 0 Å². The minimum Gasteiger partial charge on any atom is -0.454 e. The predicted octanol–water partition coefficient (Wildman–Crippen LogP) is 2.99. The van der Waals surface area contributed by atoms with Crippen LogP contribution in [0.15, 0.2) is 48.7 Å². The maximum atomic E-state index is 14.2. The maximum Gasteiger partial charge on any atom is 0.267 e. The third-order valence-electron chi connectivity index (χ3n) is 3.35. The highest BCUT2D eigenvalue weighted by Crippen LogP contribution is 2.28. The molecule has 0 aliphatic carbocycles. The number of hydrogen-bond acceptors (Lipinski definition) is 5. The number of benzene rings is 2. The molecule has 1 heterocycles. The summed E-state index contributed by atoms with van der Waals surface area (Å²) in [6.07, 6.45) is 2.31. The Hall–Kier alpha value is -3.07. The van der Waals surface area contributed by atoms with E-state index in [-0.39, 0.29) is 5.75 Å². The van der Waals surface area contributed by atoms with Crippen molar-refractivity contribution in [2.75, 3.05) is 6.26 Å². The van der Waals surface area contributed by atoms with Crippen molar-refractivity contribution in [1.82, 2.24) is 9.71 Å². The Labute approximate surface area is 147 Å². The van der Waals surface area contributed by atoms with Crippen LogP contribution in [0.3, 0.4) is 0 Å². The SMILES string of the molecule is CS(=O)(=O)NC(=O)c1cc(F)c(Oc2ccc3cccnc3c2)cc1F. The number of rotatable bonds is 4. The molecule has 26 heavy (non-hydrogen) atoms. The lowest BCUT2D eigenvalue weighted by Gasteiger charge is -2.10. The van der Waals surface area contributed by atoms with E-state index in [1.807, 2.05) is 6.07 Å². The van der Waals surface area contributed by atoms with Gasteiger partial charge >= 0.3 is 0 Å². The van der Waals surface area contributed by atoms with Crippen molar-refractivity contribution >= 4 is 26.8 Å². The lowest BCUT2D eigenvalue weighted by Crippen LogP contribution is -2.30. The minimum absolute atomic E-state index is 0.225. The number of halogens is 2. The number of ether oxygens (including phenoxy) is 1. The molecule has 0 fully saturated rings. The molecule has 0 radical (unpaired) electrons. The fourth-order valence-corrected chi connectivity index (χ4v) is 2.69. The summed E-state index contributed by atoms with van der Waals surface area (Å²) >= 11 is 0. The molecular formula is C17H12F2N2O4S. The summed E-state index contributed by atoms with van der Waals surface area (Å²) < 4.78 is 57.3. The molecular weight excluding hydrogens is 366 g/mol. The first-order chi connectivity index (χ1) is 12.2. The second-order valence-electron chi connectivity index (χ2n) is 5.43. The molecule has 1 amide bonds. The van der Waals surface area contributed by atoms with Gasteiger partial charge in [0.1, 0.15) is 11.6 Å². The molecule has 0 saturated carbocycles. The molecule has 0 bridgehead atoms. The Morgan fingerprint density at radius 3 is 2.62 bits per heavy atom. The highest BCUT2D eigenvalue weighted by atomic mass is 32.2. The van der Waals surface area contributed by atoms with Crippen LogP contribution in [-0.4, -0.2) is 25.6 Å². The molecule has 2 aromatic carbocycles. The van der Waals surface area contributed by atoms with Crippen molar-refractivity contribution in [2.24, 2.45) is 0 Å². The summed E-state index contributed by atoms with van der Waals surface area (Å²) in [7, 11) is -3.91. The van der Waals surface area contributed by atoms with Crippen molar-refractivity contribution in [3.63, 3.8) is 0 Å². The first-order valence-corrected chi connectivity index (χ1v) is 9.16. The van der Waals surface area contributed by atoms with Gasteiger partial charge in [-0.1, -0.05) is 6.07 Å². The van der Waals surface area contributed by atoms with Crippen LogP contribution in [0.5, 0.6) is 11.5 Å². The maximum absolute atomic E-state index is 14.2. The van der Waals surface area contributed by atoms with Crippen LogP contribution in [-0.2, 0) is 10.0 Å². The fourth-order valence-electron chi connectivity index (χ4n) is 2.24. The van der Waals surface area contributed by atoms with E-state index < -0.39 is 38.9 Å². The van der Waals surface area contributed by atoms with Gasteiger partial charge in [-0.3, -0.25) is 9.78 Å². The molecule has 6 nitrogen and oxygen atoms in total. The number of sulfonamides is 1. The highest BCUT2D eigenvalue weighted by molar-refractivity contribution is 7.89. The van der Waals surface area contributed by atoms with E-state index in [4.69, 9.17) is 4.74 Å². The first-order valence-electron chi connectivity index (χ1n) is 7.27. The number of nitrogens with one attached hydrogen (secondary N) is 1. The van der Waals surface area contributed by atoms with E-state index in [1.165, 1.54) is 0 Å². The van der Waals surface area contributed by atoms with Gasteiger partial charge in [-0.05, 0) is 24.3 Å². The van der Waals surface area contributed by atoms with Gasteiger partial charge in [-0.25, -0.2) is 21.9 Å². The molecule has 0 aliphatic heterocycles. The van der Waals surface area contributed by atoms with Gasteiger partial charge in [0.05, 0.1) is 17.3 Å². The summed E-state index contributed by atoms with van der Waals surface area (Å²) in [6, 6.07) is 9.67. The summed E-state index contributed by atoms with van der Waals surface area (Å²) in [5.41, 5.74) is -0.143. The zero-order chi connectivity index (χ0) is 18.9. The normalized spacial score (nSPS) is 11.3. The number of aromatic nitrogens is 1. The Morgan fingerprint density at radius 2 is 1.88 bits per heavy atom. The van der Waals surface area contributed by atoms with Crippen LogP contribution < -0.4 is 9.46 Å². The third-order valence-corrected chi connectivity index (χ3v) is 3.91. The summed E-state index contributed by atoms with van der Waals surface area (Å²) in [5, 5.41) is 0.847. The van der Waals surface area contributed by atoms with Gasteiger partial charge in [0, 0.05) is 23.7 Å². The van der Waals surface area contributed by atoms with E-state index in [0.29, 0.717) is 17.6 Å². The number of fused-ring (bicyclic) bond motifs is 1. The number of nitrogens with zero attached hydrogens (tertiary/aromatic N) is 1. The smallest absolute Gasteiger partial charge is 0.267 e. The number of carbonyl (C=O) groups excluding carboxylic acids is 1. The molecule has 1 N–H and O–H groups in total. The Kier molecular flexibility index (Phi) is 4.56. The Balaban J connectivity index is 1.91. The molecule has 9 heteroatoms. The van der Waals surface area contributed by atoms with Crippen LogP contribution in [0.25, 0.3) is 10.9 Å². The minimum atomic E-state index is -3.91. The van der Waals surface area contributed by atoms with Crippen LogP contribution in [0, 0.1) is 11.6 Å². The third kappa shape index (κ3) is 3.94. The van der Waals surface area contributed by atoms with E-state index in [2.05, 4.69) is 4.98 Å². The van der Waals surface area contributed by atoms with Crippen LogP contribution in [0.1, 0.15) is 10.4 Å². The number of amides is 1. The van der Waals surface area contributed by atoms with Crippen molar-refractivity contribution in [3.8, 4) is 11.5 Å². The van der Waals surface area contributed by atoms with Gasteiger partial charge in [0.25, 0.3) is 5.91 Å². The van der Waals surface area contributed by atoms with Crippen LogP contribution in [0.2, 0.25) is 0 Å². The lowest BCUT2D eigenvalue weighted by molar-refractivity contribution is 0.0977. The van der Waals surface area contributed by atoms with Crippen molar-refractivity contribution < 1.29 is 26.7 Å². The molecule has 3 aromatic rings. The zero-order valence-corrected chi connectivity index (χ0v) is 14.2. The van der Waals surface area contributed by atoms with Crippen LogP contribution >= 0.6 is 0 Å². The van der Waals surface area contributed by atoms with E-state index in [0.717, 1.165) is 11.6 Å². The molecule has 0 saturated heterocycles. The second kappa shape index (κ2) is 6.68. The largest absolute Gasteiger partial charge is 0.454 e. The average Bonchev–Trinajstić information content (AvgIpc) is 2.56. The summed E-state index contributed by atoms with van der Waals surface area (Å²) in [6.45, 7) is 0. The molecule has 0 aliphatic rings. The van der Waals surface area contributed by atoms with Crippen molar-refractivity contribution in [2.45, 2.75) is 0 Å². The Morgan fingerprint density at radius 1 is 1.12 bits per heavy atom. The summed E-state index contributed by atoms with van der Waals surface area (Å²) in [5.74, 6) is -3.64. The molecule has 3 rings (SSSR count). The fraction of sp³-hybridized carbons (Fsp3) is 0.0588. The number of pyridine rings is 1. The average molecular weight is 378 g/mol. The van der Waals surface area contributed by atoms with Gasteiger partial charge in [-0.2, -0.15) is 0 Å². The topological polar surface area (TPSA) is 85.4 Å². The Bertz CT molecular complexity index is 1120. The lowest BCUT2D eigenvalue weighted by atomic mass is 10.2. The van der Waals surface area contributed by atoms with Crippen molar-refractivity contribution in [1.29, 1.82) is 0 Å². The van der Waals surface area contributed by atoms with Crippen LogP contribution in [0.4, 0.5) is 8.78 Å². The van der Waals surface area contributed by atoms with E-state index >= 15 is 0 Å². The number of hydrogen-bond donors (Lipinski definition) is 1. The zero-order valence-electron chi connectivity index (χ0n) is 13.4. The van der Waals surface area contributed by atoms with Crippen molar-refractivity contribution in [3.05, 3.63) is 65.9 Å². The van der Waals surface area contributed by atoms with E-state index in [1.54, 1.807) is 35.2 Å². The predicted molar refractivity (Wildman–Crippen MR) is 90.5 cm³/mol. The van der Waals surface area contributed by atoms with Gasteiger partial charge in [0.15, 0.2) is 11.6 Å². The highest BCUT2D eigenvalue weighted by Gasteiger charge is 2.19. The summed E-state index contributed by atoms with van der Waals surface area (Å²) in [4.78, 5) is 15.8. The first kappa shape index (κ1) is 17.7. The second-order valence-corrected chi connectivity index (χ2v) is 7.17. The number of carbonyl (C=O) groups is 1. The van der Waals surface area contributed by atoms with Gasteiger partial charge in [0.2, 0.25) is 10.0 Å². The molecule has 0 spiro atoms. The van der Waals surface area contributed by atoms with Gasteiger partial charge < -0.3 is 4.74 Å². The molecule has 1 aromatic heterocycles. The standard InChI is InChI=1S/C17H12F2N2O4S/c1-26(23,24)21-17(22)12-8-14(19)16(9-13(12)18)25-11-5-4-10-3-2-6-20-15(10)7-11/h2-9H,1H3,(H,21,22). The van der Waals surface area contributed by atoms with E-state index in [9.17, 15) is 22.0 Å². The molecule has 134 valence electrons. The molecule has 0 unspecified atom stereocenters. The quantitative estimate of drug-likeness (QED) is 0.754. The molecule has 0 atom stereocenters.